The molecule has 0 bridgehead atoms. The van der Waals surface area contributed by atoms with Gasteiger partial charge in [-0.1, -0.05) is 33.3 Å². The molecule has 0 N–H and O–H groups in total. The zero-order valence-corrected chi connectivity index (χ0v) is 20.2. The Morgan fingerprint density at radius 2 is 2.00 bits per heavy atom. The lowest BCUT2D eigenvalue weighted by Crippen LogP contribution is -2.33. The van der Waals surface area contributed by atoms with Crippen LogP contribution in [0.5, 0.6) is 11.5 Å². The van der Waals surface area contributed by atoms with Crippen LogP contribution in [0, 0.1) is 0 Å². The SMILES string of the molecule is COc1ccc(CC(=O)N(CCCn2ccnc2)c2nc3ccc(Br)cc3s2)cc1OC. The van der Waals surface area contributed by atoms with Crippen molar-refractivity contribution in [1.82, 2.24) is 14.5 Å². The Labute approximate surface area is 198 Å². The molecule has 4 aromatic rings. The number of carbonyl (C=O) groups excluding carboxylic acids is 1. The van der Waals surface area contributed by atoms with Crippen molar-refractivity contribution < 1.29 is 14.3 Å². The van der Waals surface area contributed by atoms with Crippen LogP contribution < -0.4 is 14.4 Å². The molecule has 0 fully saturated rings. The number of anilines is 1. The van der Waals surface area contributed by atoms with E-state index in [1.807, 2.05) is 47.2 Å². The third kappa shape index (κ3) is 5.11. The second kappa shape index (κ2) is 10.1. The van der Waals surface area contributed by atoms with Gasteiger partial charge < -0.3 is 14.0 Å². The monoisotopic (exact) mass is 514 g/mol. The average molecular weight is 515 g/mol. The van der Waals surface area contributed by atoms with E-state index >= 15 is 0 Å². The van der Waals surface area contributed by atoms with Crippen LogP contribution in [0.2, 0.25) is 0 Å². The number of thiazole rings is 1. The molecule has 0 radical (unpaired) electrons. The highest BCUT2D eigenvalue weighted by Gasteiger charge is 2.21. The maximum Gasteiger partial charge on any atom is 0.233 e. The molecular formula is C23H23BrN4O3S. The van der Waals surface area contributed by atoms with E-state index < -0.39 is 0 Å². The fourth-order valence-corrected chi connectivity index (χ4v) is 4.98. The molecule has 9 heteroatoms. The van der Waals surface area contributed by atoms with E-state index in [-0.39, 0.29) is 12.3 Å². The fourth-order valence-electron chi connectivity index (χ4n) is 3.42. The Kier molecular flexibility index (Phi) is 7.06. The van der Waals surface area contributed by atoms with Gasteiger partial charge in [0.2, 0.25) is 5.91 Å². The van der Waals surface area contributed by atoms with Gasteiger partial charge in [0.15, 0.2) is 16.6 Å². The van der Waals surface area contributed by atoms with Gasteiger partial charge in [0.05, 0.1) is 37.2 Å². The molecule has 2 aromatic carbocycles. The van der Waals surface area contributed by atoms with Crippen LogP contribution in [0.4, 0.5) is 5.13 Å². The number of methoxy groups -OCH3 is 2. The molecule has 1 amide bonds. The molecule has 0 spiro atoms. The van der Waals surface area contributed by atoms with Crippen molar-refractivity contribution in [3.8, 4) is 11.5 Å². The number of nitrogens with zero attached hydrogens (tertiary/aromatic N) is 4. The summed E-state index contributed by atoms with van der Waals surface area (Å²) in [6.07, 6.45) is 6.49. The van der Waals surface area contributed by atoms with Crippen LogP contribution in [0.15, 0.2) is 59.6 Å². The maximum absolute atomic E-state index is 13.4. The molecule has 0 unspecified atom stereocenters. The van der Waals surface area contributed by atoms with Crippen LogP contribution in [-0.4, -0.2) is 41.2 Å². The number of imidazole rings is 1. The van der Waals surface area contributed by atoms with Gasteiger partial charge in [-0.3, -0.25) is 9.69 Å². The highest BCUT2D eigenvalue weighted by molar-refractivity contribution is 9.10. The number of benzene rings is 2. The molecule has 0 aliphatic rings. The van der Waals surface area contributed by atoms with Gasteiger partial charge in [-0.15, -0.1) is 0 Å². The molecule has 32 heavy (non-hydrogen) atoms. The van der Waals surface area contributed by atoms with E-state index in [2.05, 4.69) is 20.9 Å². The highest BCUT2D eigenvalue weighted by Crippen LogP contribution is 2.32. The van der Waals surface area contributed by atoms with E-state index in [1.165, 1.54) is 11.3 Å². The minimum Gasteiger partial charge on any atom is -0.493 e. The van der Waals surface area contributed by atoms with Gasteiger partial charge in [0.1, 0.15) is 0 Å². The van der Waals surface area contributed by atoms with E-state index in [1.54, 1.807) is 31.6 Å². The minimum absolute atomic E-state index is 0.0130. The molecule has 0 aliphatic carbocycles. The number of fused-ring (bicyclic) bond motifs is 1. The summed E-state index contributed by atoms with van der Waals surface area (Å²) in [6, 6.07) is 11.5. The topological polar surface area (TPSA) is 69.5 Å². The summed E-state index contributed by atoms with van der Waals surface area (Å²) in [5.74, 6) is 1.23. The van der Waals surface area contributed by atoms with Crippen molar-refractivity contribution in [2.75, 3.05) is 25.7 Å². The minimum atomic E-state index is -0.0130. The number of amides is 1. The number of aromatic nitrogens is 3. The standard InChI is InChI=1S/C23H23BrN4O3S/c1-30-19-7-4-16(12-20(19)31-2)13-22(29)28(10-3-9-27-11-8-25-15-27)23-26-18-6-5-17(24)14-21(18)32-23/h4-8,11-12,14-15H,3,9-10,13H2,1-2H3. The zero-order valence-electron chi connectivity index (χ0n) is 17.8. The highest BCUT2D eigenvalue weighted by atomic mass is 79.9. The van der Waals surface area contributed by atoms with Gasteiger partial charge in [-0.2, -0.15) is 0 Å². The number of hydrogen-bond acceptors (Lipinski definition) is 6. The van der Waals surface area contributed by atoms with Gasteiger partial charge in [0.25, 0.3) is 0 Å². The quantitative estimate of drug-likeness (QED) is 0.316. The number of aryl methyl sites for hydroxylation is 1. The van der Waals surface area contributed by atoms with E-state index in [0.29, 0.717) is 23.2 Å². The smallest absolute Gasteiger partial charge is 0.233 e. The zero-order chi connectivity index (χ0) is 22.5. The molecule has 2 heterocycles. The molecule has 0 aliphatic heterocycles. The lowest BCUT2D eigenvalue weighted by molar-refractivity contribution is -0.118. The van der Waals surface area contributed by atoms with Gasteiger partial charge >= 0.3 is 0 Å². The first kappa shape index (κ1) is 22.3. The van der Waals surface area contributed by atoms with Crippen molar-refractivity contribution in [3.63, 3.8) is 0 Å². The van der Waals surface area contributed by atoms with Crippen LogP contribution in [0.3, 0.4) is 0 Å². The lowest BCUT2D eigenvalue weighted by Gasteiger charge is -2.20. The summed E-state index contributed by atoms with van der Waals surface area (Å²) in [4.78, 5) is 24.0. The molecule has 0 atom stereocenters. The van der Waals surface area contributed by atoms with Crippen molar-refractivity contribution in [1.29, 1.82) is 0 Å². The number of carbonyl (C=O) groups is 1. The Morgan fingerprint density at radius 3 is 2.75 bits per heavy atom. The Bertz CT molecular complexity index is 1210. The van der Waals surface area contributed by atoms with Crippen molar-refractivity contribution in [3.05, 3.63) is 65.2 Å². The summed E-state index contributed by atoms with van der Waals surface area (Å²) in [7, 11) is 3.18. The number of halogens is 1. The van der Waals surface area contributed by atoms with Crippen LogP contribution in [0.1, 0.15) is 12.0 Å². The molecule has 4 rings (SSSR count). The third-order valence-electron chi connectivity index (χ3n) is 5.03. The first-order chi connectivity index (χ1) is 15.6. The normalized spacial score (nSPS) is 11.0. The fraction of sp³-hybridized carbons (Fsp3) is 0.261. The van der Waals surface area contributed by atoms with Crippen molar-refractivity contribution >= 4 is 48.5 Å². The van der Waals surface area contributed by atoms with Crippen LogP contribution in [-0.2, 0) is 17.8 Å². The summed E-state index contributed by atoms with van der Waals surface area (Å²) in [5.41, 5.74) is 1.74. The number of hydrogen-bond donors (Lipinski definition) is 0. The second-order valence-corrected chi connectivity index (χ2v) is 9.10. The predicted molar refractivity (Wildman–Crippen MR) is 130 cm³/mol. The molecule has 0 saturated heterocycles. The van der Waals surface area contributed by atoms with E-state index in [9.17, 15) is 4.79 Å². The Morgan fingerprint density at radius 1 is 1.16 bits per heavy atom. The number of ether oxygens (including phenoxy) is 2. The summed E-state index contributed by atoms with van der Waals surface area (Å²) < 4.78 is 14.7. The molecular weight excluding hydrogens is 492 g/mol. The molecule has 0 saturated carbocycles. The van der Waals surface area contributed by atoms with Gasteiger partial charge in [0, 0.05) is 30.0 Å². The summed E-state index contributed by atoms with van der Waals surface area (Å²) >= 11 is 5.03. The Hall–Kier alpha value is -2.91. The lowest BCUT2D eigenvalue weighted by atomic mass is 10.1. The Balaban J connectivity index is 1.57. The van der Waals surface area contributed by atoms with Crippen molar-refractivity contribution in [2.24, 2.45) is 0 Å². The largest absolute Gasteiger partial charge is 0.493 e. The van der Waals surface area contributed by atoms with Gasteiger partial charge in [-0.25, -0.2) is 9.97 Å². The third-order valence-corrected chi connectivity index (χ3v) is 6.57. The van der Waals surface area contributed by atoms with Crippen LogP contribution in [0.25, 0.3) is 10.2 Å². The molecule has 7 nitrogen and oxygen atoms in total. The molecule has 2 aromatic heterocycles. The van der Waals surface area contributed by atoms with Crippen LogP contribution >= 0.6 is 27.3 Å². The number of rotatable bonds is 9. The predicted octanol–water partition coefficient (Wildman–Crippen LogP) is 4.94. The summed E-state index contributed by atoms with van der Waals surface area (Å²) in [6.45, 7) is 1.34. The van der Waals surface area contributed by atoms with E-state index in [4.69, 9.17) is 14.5 Å². The molecule has 166 valence electrons. The first-order valence-electron chi connectivity index (χ1n) is 10.1. The average Bonchev–Trinajstić information content (AvgIpc) is 3.45. The second-order valence-electron chi connectivity index (χ2n) is 7.17. The van der Waals surface area contributed by atoms with Crippen molar-refractivity contribution in [2.45, 2.75) is 19.4 Å². The summed E-state index contributed by atoms with van der Waals surface area (Å²) in [5, 5.41) is 0.703. The first-order valence-corrected chi connectivity index (χ1v) is 11.7. The van der Waals surface area contributed by atoms with E-state index in [0.717, 1.165) is 33.2 Å². The van der Waals surface area contributed by atoms with Gasteiger partial charge in [-0.05, 0) is 42.3 Å². The maximum atomic E-state index is 13.4.